The number of aromatic nitrogens is 2. The zero-order chi connectivity index (χ0) is 10.3. The maximum atomic E-state index is 13.4. The smallest absolute Gasteiger partial charge is 0.223 e. The minimum Gasteiger partial charge on any atom is -0.226 e. The maximum Gasteiger partial charge on any atom is 0.223 e. The van der Waals surface area contributed by atoms with Gasteiger partial charge in [0.05, 0.1) is 4.47 Å². The summed E-state index contributed by atoms with van der Waals surface area (Å²) in [5.41, 5.74) is -0.00160. The van der Waals surface area contributed by atoms with E-state index < -0.39 is 11.6 Å². The Hall–Kier alpha value is -0.810. The van der Waals surface area contributed by atoms with Crippen LogP contribution in [0, 0.1) is 11.6 Å². The first kappa shape index (κ1) is 9.73. The fourth-order valence-corrected chi connectivity index (χ4v) is 1.50. The van der Waals surface area contributed by atoms with E-state index in [-0.39, 0.29) is 20.7 Å². The van der Waals surface area contributed by atoms with Crippen molar-refractivity contribution in [3.8, 4) is 0 Å². The van der Waals surface area contributed by atoms with E-state index in [9.17, 15) is 8.78 Å². The largest absolute Gasteiger partial charge is 0.226 e. The third kappa shape index (κ3) is 1.46. The van der Waals surface area contributed by atoms with Crippen LogP contribution in [0.3, 0.4) is 0 Å². The zero-order valence-corrected chi connectivity index (χ0v) is 8.90. The molecule has 2 rings (SSSR count). The highest BCUT2D eigenvalue weighted by Crippen LogP contribution is 2.26. The fraction of sp³-hybridized carbons (Fsp3) is 0. The fourth-order valence-electron chi connectivity index (χ4n) is 1.06. The number of hydrogen-bond acceptors (Lipinski definition) is 2. The lowest BCUT2D eigenvalue weighted by molar-refractivity contribution is 0.579. The lowest BCUT2D eigenvalue weighted by Crippen LogP contribution is -1.92. The van der Waals surface area contributed by atoms with E-state index in [1.54, 1.807) is 0 Å². The highest BCUT2D eigenvalue weighted by atomic mass is 79.9. The monoisotopic (exact) mass is 278 g/mol. The molecule has 0 spiro atoms. The Bertz CT molecular complexity index is 518. The number of halogens is 4. The first-order chi connectivity index (χ1) is 6.59. The van der Waals surface area contributed by atoms with Crippen LogP contribution in [0.5, 0.6) is 0 Å². The molecule has 0 aliphatic rings. The number of rotatable bonds is 0. The summed E-state index contributed by atoms with van der Waals surface area (Å²) in [6, 6.07) is 1.14. The van der Waals surface area contributed by atoms with Crippen LogP contribution in [0.4, 0.5) is 8.78 Å². The van der Waals surface area contributed by atoms with Crippen LogP contribution in [0.1, 0.15) is 0 Å². The summed E-state index contributed by atoms with van der Waals surface area (Å²) in [4.78, 5) is 7.28. The van der Waals surface area contributed by atoms with Crippen molar-refractivity contribution >= 4 is 38.4 Å². The summed E-state index contributed by atoms with van der Waals surface area (Å²) in [5.74, 6) is -1.47. The van der Waals surface area contributed by atoms with Crippen molar-refractivity contribution in [2.75, 3.05) is 0 Å². The second-order valence-electron chi connectivity index (χ2n) is 2.56. The van der Waals surface area contributed by atoms with Crippen LogP contribution < -0.4 is 0 Å². The van der Waals surface area contributed by atoms with Gasteiger partial charge in [0.1, 0.15) is 11.3 Å². The molecule has 0 amide bonds. The highest BCUT2D eigenvalue weighted by molar-refractivity contribution is 9.10. The summed E-state index contributed by atoms with van der Waals surface area (Å²) < 4.78 is 26.2. The zero-order valence-electron chi connectivity index (χ0n) is 6.56. The molecular formula is C8H2BrClF2N2. The molecule has 0 aliphatic heterocycles. The Balaban J connectivity index is 2.92. The van der Waals surface area contributed by atoms with Gasteiger partial charge < -0.3 is 0 Å². The van der Waals surface area contributed by atoms with Crippen molar-refractivity contribution in [3.63, 3.8) is 0 Å². The van der Waals surface area contributed by atoms with Crippen LogP contribution in [-0.2, 0) is 0 Å². The molecule has 0 N–H and O–H groups in total. The third-order valence-electron chi connectivity index (χ3n) is 1.68. The first-order valence-electron chi connectivity index (χ1n) is 3.55. The van der Waals surface area contributed by atoms with Gasteiger partial charge in [0.15, 0.2) is 5.82 Å². The molecule has 2 nitrogen and oxygen atoms in total. The van der Waals surface area contributed by atoms with Crippen molar-refractivity contribution in [3.05, 3.63) is 33.7 Å². The van der Waals surface area contributed by atoms with Gasteiger partial charge in [-0.05, 0) is 33.6 Å². The van der Waals surface area contributed by atoms with E-state index >= 15 is 0 Å². The molecule has 0 radical (unpaired) electrons. The van der Waals surface area contributed by atoms with Gasteiger partial charge >= 0.3 is 0 Å². The predicted molar refractivity (Wildman–Crippen MR) is 52.2 cm³/mol. The van der Waals surface area contributed by atoms with Gasteiger partial charge in [-0.25, -0.2) is 18.7 Å². The Labute approximate surface area is 91.1 Å². The molecule has 14 heavy (non-hydrogen) atoms. The number of nitrogens with zero attached hydrogens (tertiary/aromatic N) is 2. The topological polar surface area (TPSA) is 25.8 Å². The average molecular weight is 279 g/mol. The van der Waals surface area contributed by atoms with Crippen molar-refractivity contribution < 1.29 is 8.78 Å². The van der Waals surface area contributed by atoms with E-state index in [1.165, 1.54) is 6.20 Å². The molecule has 0 saturated heterocycles. The Morgan fingerprint density at radius 1 is 1.36 bits per heavy atom. The molecule has 0 fully saturated rings. The Kier molecular flexibility index (Phi) is 2.36. The average Bonchev–Trinajstić information content (AvgIpc) is 2.16. The van der Waals surface area contributed by atoms with Crippen LogP contribution in [0.15, 0.2) is 16.7 Å². The molecule has 0 saturated carbocycles. The van der Waals surface area contributed by atoms with Gasteiger partial charge in [0.25, 0.3) is 0 Å². The van der Waals surface area contributed by atoms with E-state index in [0.29, 0.717) is 0 Å². The minimum absolute atomic E-state index is 0.00160. The second kappa shape index (κ2) is 3.40. The van der Waals surface area contributed by atoms with Crippen LogP contribution >= 0.6 is 27.5 Å². The summed E-state index contributed by atoms with van der Waals surface area (Å²) >= 11 is 8.26. The van der Waals surface area contributed by atoms with Gasteiger partial charge in [-0.2, -0.15) is 0 Å². The molecular weight excluding hydrogens is 277 g/mol. The molecule has 1 aromatic carbocycles. The Morgan fingerprint density at radius 3 is 2.79 bits per heavy atom. The van der Waals surface area contributed by atoms with Gasteiger partial charge in [-0.3, -0.25) is 0 Å². The SMILES string of the molecule is Fc1cc2cnc(Cl)nc2c(F)c1Br. The van der Waals surface area contributed by atoms with E-state index in [1.807, 2.05) is 0 Å². The molecule has 6 heteroatoms. The summed E-state index contributed by atoms with van der Waals surface area (Å²) in [6.45, 7) is 0. The number of fused-ring (bicyclic) bond motifs is 1. The molecule has 0 atom stereocenters. The van der Waals surface area contributed by atoms with Crippen molar-refractivity contribution in [1.29, 1.82) is 0 Å². The third-order valence-corrected chi connectivity index (χ3v) is 2.59. The van der Waals surface area contributed by atoms with Gasteiger partial charge in [-0.15, -0.1) is 0 Å². The first-order valence-corrected chi connectivity index (χ1v) is 4.72. The second-order valence-corrected chi connectivity index (χ2v) is 3.69. The lowest BCUT2D eigenvalue weighted by atomic mass is 10.2. The van der Waals surface area contributed by atoms with Gasteiger partial charge in [0, 0.05) is 11.6 Å². The molecule has 1 heterocycles. The van der Waals surface area contributed by atoms with Crippen LogP contribution in [0.25, 0.3) is 10.9 Å². The summed E-state index contributed by atoms with van der Waals surface area (Å²) in [5, 5.41) is 0.197. The number of hydrogen-bond donors (Lipinski definition) is 0. The summed E-state index contributed by atoms with van der Waals surface area (Å²) in [7, 11) is 0. The molecule has 2 aromatic rings. The molecule has 1 aromatic heterocycles. The van der Waals surface area contributed by atoms with Gasteiger partial charge in [-0.1, -0.05) is 0 Å². The standard InChI is InChI=1S/C8H2BrClF2N2/c9-5-4(11)1-3-2-13-8(10)14-7(3)6(5)12/h1-2H. The van der Waals surface area contributed by atoms with E-state index in [4.69, 9.17) is 11.6 Å². The summed E-state index contributed by atoms with van der Waals surface area (Å²) in [6.07, 6.45) is 1.27. The molecule has 72 valence electrons. The van der Waals surface area contributed by atoms with Crippen molar-refractivity contribution in [2.24, 2.45) is 0 Å². The highest BCUT2D eigenvalue weighted by Gasteiger charge is 2.12. The van der Waals surface area contributed by atoms with Crippen LogP contribution in [-0.4, -0.2) is 9.97 Å². The molecule has 0 aliphatic carbocycles. The van der Waals surface area contributed by atoms with E-state index in [0.717, 1.165) is 6.07 Å². The van der Waals surface area contributed by atoms with Crippen molar-refractivity contribution in [1.82, 2.24) is 9.97 Å². The number of benzene rings is 1. The van der Waals surface area contributed by atoms with E-state index in [2.05, 4.69) is 25.9 Å². The quantitative estimate of drug-likeness (QED) is 0.546. The minimum atomic E-state index is -0.774. The molecule has 0 bridgehead atoms. The van der Waals surface area contributed by atoms with Crippen LogP contribution in [0.2, 0.25) is 5.28 Å². The van der Waals surface area contributed by atoms with Crippen molar-refractivity contribution in [2.45, 2.75) is 0 Å². The lowest BCUT2D eigenvalue weighted by Gasteiger charge is -2.01. The molecule has 0 unspecified atom stereocenters. The predicted octanol–water partition coefficient (Wildman–Crippen LogP) is 3.32. The normalized spacial score (nSPS) is 10.9. The Morgan fingerprint density at radius 2 is 2.07 bits per heavy atom. The maximum absolute atomic E-state index is 13.4. The van der Waals surface area contributed by atoms with Gasteiger partial charge in [0.2, 0.25) is 5.28 Å².